The molecule has 0 saturated carbocycles. The Morgan fingerprint density at radius 3 is 1.95 bits per heavy atom. The maximum absolute atomic E-state index is 13.5. The first kappa shape index (κ1) is 14.2. The van der Waals surface area contributed by atoms with Crippen LogP contribution in [0.2, 0.25) is 0 Å². The van der Waals surface area contributed by atoms with Gasteiger partial charge in [-0.15, -0.1) is 0 Å². The molecule has 4 nitrogen and oxygen atoms in total. The lowest BCUT2D eigenvalue weighted by molar-refractivity contribution is -0.222. The number of hydrogen-bond acceptors (Lipinski definition) is 4. The summed E-state index contributed by atoms with van der Waals surface area (Å²) in [6, 6.07) is 3.10. The third kappa shape index (κ3) is 2.71. The number of cyclic esters (lactones) is 2. The molecule has 1 fully saturated rings. The molecule has 1 aliphatic heterocycles. The number of halogens is 1. The molecule has 5 heteroatoms. The molecule has 0 aliphatic carbocycles. The van der Waals surface area contributed by atoms with Crippen molar-refractivity contribution in [2.75, 3.05) is 0 Å². The molecule has 0 bridgehead atoms. The molecular weight excluding hydrogens is 263 g/mol. The van der Waals surface area contributed by atoms with Gasteiger partial charge in [0.1, 0.15) is 11.4 Å². The molecular formula is C15H15FO4. The van der Waals surface area contributed by atoms with Crippen molar-refractivity contribution in [2.45, 2.75) is 33.5 Å². The van der Waals surface area contributed by atoms with Gasteiger partial charge in [0.15, 0.2) is 0 Å². The molecule has 106 valence electrons. The molecule has 1 aliphatic rings. The van der Waals surface area contributed by atoms with Crippen molar-refractivity contribution in [3.8, 4) is 0 Å². The van der Waals surface area contributed by atoms with Gasteiger partial charge in [-0.25, -0.2) is 14.0 Å². The normalized spacial score (nSPS) is 17.6. The van der Waals surface area contributed by atoms with Crippen molar-refractivity contribution in [2.24, 2.45) is 0 Å². The van der Waals surface area contributed by atoms with Gasteiger partial charge in [0.05, 0.1) is 0 Å². The van der Waals surface area contributed by atoms with Crippen LogP contribution in [-0.4, -0.2) is 17.7 Å². The number of esters is 2. The fraction of sp³-hybridized carbons (Fsp3) is 0.333. The van der Waals surface area contributed by atoms with E-state index in [-0.39, 0.29) is 11.4 Å². The van der Waals surface area contributed by atoms with Gasteiger partial charge in [-0.2, -0.15) is 0 Å². The highest BCUT2D eigenvalue weighted by Crippen LogP contribution is 2.25. The summed E-state index contributed by atoms with van der Waals surface area (Å²) >= 11 is 0. The largest absolute Gasteiger partial charge is 0.419 e. The van der Waals surface area contributed by atoms with E-state index in [0.717, 1.165) is 0 Å². The van der Waals surface area contributed by atoms with Crippen LogP contribution < -0.4 is 0 Å². The summed E-state index contributed by atoms with van der Waals surface area (Å²) in [5.74, 6) is -3.06. The van der Waals surface area contributed by atoms with Crippen molar-refractivity contribution in [1.29, 1.82) is 0 Å². The van der Waals surface area contributed by atoms with E-state index in [2.05, 4.69) is 0 Å². The van der Waals surface area contributed by atoms with E-state index in [4.69, 9.17) is 9.47 Å². The first-order valence-corrected chi connectivity index (χ1v) is 6.15. The average Bonchev–Trinajstić information content (AvgIpc) is 2.29. The fourth-order valence-electron chi connectivity index (χ4n) is 2.01. The van der Waals surface area contributed by atoms with Gasteiger partial charge >= 0.3 is 11.9 Å². The smallest absolute Gasteiger partial charge is 0.348 e. The quantitative estimate of drug-likeness (QED) is 0.450. The third-order valence-electron chi connectivity index (χ3n) is 2.89. The van der Waals surface area contributed by atoms with Gasteiger partial charge in [-0.05, 0) is 48.7 Å². The van der Waals surface area contributed by atoms with E-state index >= 15 is 0 Å². The van der Waals surface area contributed by atoms with Crippen molar-refractivity contribution >= 4 is 18.0 Å². The molecule has 0 aromatic heterocycles. The monoisotopic (exact) mass is 278 g/mol. The van der Waals surface area contributed by atoms with Gasteiger partial charge in [0, 0.05) is 13.8 Å². The Balaban J connectivity index is 2.41. The second-order valence-electron chi connectivity index (χ2n) is 5.21. The highest BCUT2D eigenvalue weighted by atomic mass is 19.1. The van der Waals surface area contributed by atoms with E-state index in [1.807, 2.05) is 0 Å². The van der Waals surface area contributed by atoms with Crippen LogP contribution in [0.15, 0.2) is 17.7 Å². The second-order valence-corrected chi connectivity index (χ2v) is 5.21. The first-order chi connectivity index (χ1) is 9.19. The summed E-state index contributed by atoms with van der Waals surface area (Å²) in [7, 11) is 0. The first-order valence-electron chi connectivity index (χ1n) is 6.15. The van der Waals surface area contributed by atoms with Crippen LogP contribution in [0.25, 0.3) is 6.08 Å². The lowest BCUT2D eigenvalue weighted by atomic mass is 10.0. The minimum Gasteiger partial charge on any atom is -0.419 e. The Bertz CT molecular complexity index is 584. The molecule has 2 rings (SSSR count). The number of aryl methyl sites for hydroxylation is 2. The Labute approximate surface area is 116 Å². The zero-order valence-corrected chi connectivity index (χ0v) is 11.7. The zero-order chi connectivity index (χ0) is 15.1. The van der Waals surface area contributed by atoms with Crippen LogP contribution >= 0.6 is 0 Å². The van der Waals surface area contributed by atoms with E-state index in [9.17, 15) is 14.0 Å². The minimum absolute atomic E-state index is 0.199. The van der Waals surface area contributed by atoms with Crippen molar-refractivity contribution in [1.82, 2.24) is 0 Å². The predicted octanol–water partition coefficient (Wildman–Crippen LogP) is 2.66. The van der Waals surface area contributed by atoms with Crippen molar-refractivity contribution < 1.29 is 23.5 Å². The molecule has 0 amide bonds. The van der Waals surface area contributed by atoms with E-state index in [0.29, 0.717) is 16.7 Å². The lowest BCUT2D eigenvalue weighted by Crippen LogP contribution is -2.41. The highest BCUT2D eigenvalue weighted by Gasteiger charge is 2.38. The van der Waals surface area contributed by atoms with Gasteiger partial charge in [-0.1, -0.05) is 0 Å². The summed E-state index contributed by atoms with van der Waals surface area (Å²) in [6.45, 7) is 6.19. The maximum Gasteiger partial charge on any atom is 0.348 e. The molecule has 0 radical (unpaired) electrons. The summed E-state index contributed by atoms with van der Waals surface area (Å²) < 4.78 is 23.5. The molecule has 0 unspecified atom stereocenters. The van der Waals surface area contributed by atoms with Crippen LogP contribution in [-0.2, 0) is 19.1 Å². The number of ether oxygens (including phenoxy) is 2. The Morgan fingerprint density at radius 2 is 1.50 bits per heavy atom. The van der Waals surface area contributed by atoms with E-state index < -0.39 is 17.7 Å². The van der Waals surface area contributed by atoms with Crippen LogP contribution in [0.1, 0.15) is 30.5 Å². The van der Waals surface area contributed by atoms with Crippen LogP contribution in [0, 0.1) is 19.7 Å². The van der Waals surface area contributed by atoms with Crippen molar-refractivity contribution in [3.05, 3.63) is 40.2 Å². The Hall–Kier alpha value is -2.17. The van der Waals surface area contributed by atoms with Crippen LogP contribution in [0.4, 0.5) is 4.39 Å². The summed E-state index contributed by atoms with van der Waals surface area (Å²) in [5.41, 5.74) is 1.23. The fourth-order valence-corrected chi connectivity index (χ4v) is 2.01. The van der Waals surface area contributed by atoms with Gasteiger partial charge in [0.25, 0.3) is 5.79 Å². The SMILES string of the molecule is Cc1cc(C=C2C(=O)OC(C)(C)OC2=O)cc(C)c1F. The van der Waals surface area contributed by atoms with Gasteiger partial charge < -0.3 is 9.47 Å². The molecule has 1 heterocycles. The van der Waals surface area contributed by atoms with Gasteiger partial charge in [-0.3, -0.25) is 0 Å². The standard InChI is InChI=1S/C15H15FO4/c1-8-5-10(6-9(2)12(8)16)7-11-13(17)19-15(3,4)20-14(11)18/h5-7H,1-4H3. The zero-order valence-electron chi connectivity index (χ0n) is 11.7. The minimum atomic E-state index is -1.26. The Morgan fingerprint density at radius 1 is 1.05 bits per heavy atom. The highest BCUT2D eigenvalue weighted by molar-refractivity contribution is 6.18. The number of carbonyl (C=O) groups excluding carboxylic acids is 2. The van der Waals surface area contributed by atoms with Crippen LogP contribution in [0.3, 0.4) is 0 Å². The molecule has 20 heavy (non-hydrogen) atoms. The molecule has 0 N–H and O–H groups in total. The molecule has 0 spiro atoms. The summed E-state index contributed by atoms with van der Waals surface area (Å²) in [4.78, 5) is 23.6. The topological polar surface area (TPSA) is 52.6 Å². The number of carbonyl (C=O) groups is 2. The Kier molecular flexibility index (Phi) is 3.38. The predicted molar refractivity (Wildman–Crippen MR) is 70.1 cm³/mol. The second kappa shape index (κ2) is 4.74. The van der Waals surface area contributed by atoms with E-state index in [1.54, 1.807) is 26.0 Å². The molecule has 1 aromatic carbocycles. The third-order valence-corrected chi connectivity index (χ3v) is 2.89. The summed E-state index contributed by atoms with van der Waals surface area (Å²) in [5, 5.41) is 0. The van der Waals surface area contributed by atoms with E-state index in [1.165, 1.54) is 19.9 Å². The number of benzene rings is 1. The van der Waals surface area contributed by atoms with Crippen LogP contribution in [0.5, 0.6) is 0 Å². The molecule has 1 saturated heterocycles. The summed E-state index contributed by atoms with van der Waals surface area (Å²) in [6.07, 6.45) is 1.35. The average molecular weight is 278 g/mol. The number of rotatable bonds is 1. The van der Waals surface area contributed by atoms with Crippen molar-refractivity contribution in [3.63, 3.8) is 0 Å². The maximum atomic E-state index is 13.5. The molecule has 1 aromatic rings. The lowest BCUT2D eigenvalue weighted by Gasteiger charge is -2.29. The molecule has 0 atom stereocenters. The number of hydrogen-bond donors (Lipinski definition) is 0. The van der Waals surface area contributed by atoms with Gasteiger partial charge in [0.2, 0.25) is 0 Å².